The Kier molecular flexibility index (Phi) is 5.18. The highest BCUT2D eigenvalue weighted by molar-refractivity contribution is 6.66. The van der Waals surface area contributed by atoms with Crippen LogP contribution in [0.2, 0.25) is 0 Å². The Morgan fingerprint density at radius 1 is 0.475 bits per heavy atom. The SMILES string of the molecule is OB(O)c1c2ccccc2c(-c2ccc(-c3ccc4c(c3)-c3ccc5ccccc5c3C4)cc2)c2ccccc12. The normalized spacial score (nSPS) is 12.2. The number of fused-ring (bicyclic) bond motifs is 7. The smallest absolute Gasteiger partial charge is 0.423 e. The van der Waals surface area contributed by atoms with E-state index in [2.05, 4.69) is 91.0 Å². The molecule has 0 unspecified atom stereocenters. The Morgan fingerprint density at radius 2 is 1.05 bits per heavy atom. The molecule has 0 saturated heterocycles. The molecule has 7 aromatic carbocycles. The van der Waals surface area contributed by atoms with Crippen molar-refractivity contribution < 1.29 is 10.0 Å². The van der Waals surface area contributed by atoms with Crippen LogP contribution in [0.4, 0.5) is 0 Å². The molecular weight excluding hydrogens is 487 g/mol. The molecule has 0 aromatic heterocycles. The zero-order valence-corrected chi connectivity index (χ0v) is 21.8. The molecule has 0 aliphatic heterocycles. The summed E-state index contributed by atoms with van der Waals surface area (Å²) in [7, 11) is -1.55. The van der Waals surface area contributed by atoms with Crippen molar-refractivity contribution in [3.8, 4) is 33.4 Å². The van der Waals surface area contributed by atoms with Gasteiger partial charge in [0.05, 0.1) is 0 Å². The Hall–Kier alpha value is -4.70. The average Bonchev–Trinajstić information content (AvgIpc) is 3.38. The molecule has 0 radical (unpaired) electrons. The fourth-order valence-corrected chi connectivity index (χ4v) is 6.71. The summed E-state index contributed by atoms with van der Waals surface area (Å²) < 4.78 is 0. The van der Waals surface area contributed by atoms with Crippen LogP contribution in [0, 0.1) is 0 Å². The van der Waals surface area contributed by atoms with Crippen LogP contribution in [0.1, 0.15) is 11.1 Å². The van der Waals surface area contributed by atoms with Crippen LogP contribution in [-0.4, -0.2) is 17.2 Å². The van der Waals surface area contributed by atoms with Crippen LogP contribution in [0.15, 0.2) is 127 Å². The zero-order chi connectivity index (χ0) is 26.8. The summed E-state index contributed by atoms with van der Waals surface area (Å²) in [5.41, 5.74) is 10.6. The first-order valence-electron chi connectivity index (χ1n) is 13.7. The highest BCUT2D eigenvalue weighted by Crippen LogP contribution is 2.42. The minimum Gasteiger partial charge on any atom is -0.423 e. The third-order valence-electron chi connectivity index (χ3n) is 8.55. The Balaban J connectivity index is 1.25. The minimum atomic E-state index is -1.55. The van der Waals surface area contributed by atoms with Gasteiger partial charge in [-0.05, 0) is 94.8 Å². The van der Waals surface area contributed by atoms with Crippen molar-refractivity contribution in [1.82, 2.24) is 0 Å². The second-order valence-electron chi connectivity index (χ2n) is 10.7. The molecule has 1 aliphatic carbocycles. The van der Waals surface area contributed by atoms with Gasteiger partial charge in [-0.25, -0.2) is 0 Å². The van der Waals surface area contributed by atoms with Crippen LogP contribution in [0.25, 0.3) is 65.7 Å². The van der Waals surface area contributed by atoms with E-state index in [1.54, 1.807) is 0 Å². The number of rotatable bonds is 3. The van der Waals surface area contributed by atoms with Crippen molar-refractivity contribution in [3.63, 3.8) is 0 Å². The van der Waals surface area contributed by atoms with Gasteiger partial charge in [0.25, 0.3) is 0 Å². The zero-order valence-electron chi connectivity index (χ0n) is 21.8. The quantitative estimate of drug-likeness (QED) is 0.188. The monoisotopic (exact) mass is 512 g/mol. The standard InChI is InChI=1S/C37H25BO2/c39-38(40)37-32-11-5-3-9-30(32)36(31-10-4-6-12-33(31)37)25-15-13-23(14-16-25)26-17-18-27-22-35-28-8-2-1-7-24(28)19-20-29(35)34(27)21-26/h1-21,39-40H,22H2. The molecule has 0 fully saturated rings. The second-order valence-corrected chi connectivity index (χ2v) is 10.7. The first-order valence-corrected chi connectivity index (χ1v) is 13.7. The Labute approximate surface area is 232 Å². The third-order valence-corrected chi connectivity index (χ3v) is 8.55. The van der Waals surface area contributed by atoms with E-state index in [0.717, 1.165) is 39.1 Å². The van der Waals surface area contributed by atoms with E-state index in [9.17, 15) is 10.0 Å². The van der Waals surface area contributed by atoms with Gasteiger partial charge in [-0.3, -0.25) is 0 Å². The molecule has 0 bridgehead atoms. The van der Waals surface area contributed by atoms with Gasteiger partial charge in [0.15, 0.2) is 0 Å². The van der Waals surface area contributed by atoms with Crippen molar-refractivity contribution in [3.05, 3.63) is 139 Å². The van der Waals surface area contributed by atoms with Gasteiger partial charge in [-0.15, -0.1) is 0 Å². The lowest BCUT2D eigenvalue weighted by atomic mass is 9.72. The van der Waals surface area contributed by atoms with E-state index in [1.807, 2.05) is 36.4 Å². The molecular formula is C37H25BO2. The van der Waals surface area contributed by atoms with Gasteiger partial charge in [0, 0.05) is 0 Å². The molecule has 188 valence electrons. The second kappa shape index (κ2) is 8.92. The maximum Gasteiger partial charge on any atom is 0.489 e. The number of hydrogen-bond donors (Lipinski definition) is 2. The molecule has 1 aliphatic rings. The van der Waals surface area contributed by atoms with Crippen molar-refractivity contribution in [2.45, 2.75) is 6.42 Å². The van der Waals surface area contributed by atoms with Crippen LogP contribution < -0.4 is 5.46 Å². The molecule has 0 spiro atoms. The lowest BCUT2D eigenvalue weighted by Crippen LogP contribution is -2.31. The van der Waals surface area contributed by atoms with Gasteiger partial charge in [-0.2, -0.15) is 0 Å². The highest BCUT2D eigenvalue weighted by atomic mass is 16.4. The van der Waals surface area contributed by atoms with Crippen molar-refractivity contribution >= 4 is 44.9 Å². The molecule has 3 heteroatoms. The van der Waals surface area contributed by atoms with E-state index in [-0.39, 0.29) is 0 Å². The topological polar surface area (TPSA) is 40.5 Å². The Morgan fingerprint density at radius 3 is 1.73 bits per heavy atom. The first-order chi connectivity index (χ1) is 19.7. The maximum absolute atomic E-state index is 10.3. The molecule has 2 N–H and O–H groups in total. The van der Waals surface area contributed by atoms with Gasteiger partial charge in [0.1, 0.15) is 0 Å². The average molecular weight is 512 g/mol. The van der Waals surface area contributed by atoms with Crippen LogP contribution in [-0.2, 0) is 6.42 Å². The molecule has 0 amide bonds. The van der Waals surface area contributed by atoms with Gasteiger partial charge in [0.2, 0.25) is 0 Å². The summed E-state index contributed by atoms with van der Waals surface area (Å²) in [6.07, 6.45) is 0.976. The van der Waals surface area contributed by atoms with E-state index >= 15 is 0 Å². The molecule has 0 atom stereocenters. The summed E-state index contributed by atoms with van der Waals surface area (Å²) in [6, 6.07) is 44.8. The van der Waals surface area contributed by atoms with Crippen molar-refractivity contribution in [2.75, 3.05) is 0 Å². The highest BCUT2D eigenvalue weighted by Gasteiger charge is 2.23. The lowest BCUT2D eigenvalue weighted by molar-refractivity contribution is 0.426. The summed E-state index contributed by atoms with van der Waals surface area (Å²) in [6.45, 7) is 0. The van der Waals surface area contributed by atoms with Crippen LogP contribution in [0.5, 0.6) is 0 Å². The Bertz CT molecular complexity index is 2050. The number of benzene rings is 7. The van der Waals surface area contributed by atoms with E-state index < -0.39 is 7.12 Å². The maximum atomic E-state index is 10.3. The molecule has 0 heterocycles. The summed E-state index contributed by atoms with van der Waals surface area (Å²) >= 11 is 0. The van der Waals surface area contributed by atoms with E-state index in [0.29, 0.717) is 5.46 Å². The first kappa shape index (κ1) is 23.2. The van der Waals surface area contributed by atoms with Crippen molar-refractivity contribution in [1.29, 1.82) is 0 Å². The minimum absolute atomic E-state index is 0.553. The summed E-state index contributed by atoms with van der Waals surface area (Å²) in [4.78, 5) is 0. The third kappa shape index (κ3) is 3.45. The van der Waals surface area contributed by atoms with Crippen LogP contribution in [0.3, 0.4) is 0 Å². The van der Waals surface area contributed by atoms with Gasteiger partial charge in [-0.1, -0.05) is 121 Å². The fourth-order valence-electron chi connectivity index (χ4n) is 6.71. The van der Waals surface area contributed by atoms with E-state index in [1.165, 1.54) is 44.2 Å². The molecule has 40 heavy (non-hydrogen) atoms. The summed E-state index contributed by atoms with van der Waals surface area (Å²) in [5.74, 6) is 0. The fraction of sp³-hybridized carbons (Fsp3) is 0.0270. The number of hydrogen-bond acceptors (Lipinski definition) is 2. The lowest BCUT2D eigenvalue weighted by Gasteiger charge is -2.17. The van der Waals surface area contributed by atoms with E-state index in [4.69, 9.17) is 0 Å². The summed E-state index contributed by atoms with van der Waals surface area (Å²) in [5, 5.41) is 27.0. The molecule has 8 rings (SSSR count). The molecule has 0 saturated carbocycles. The molecule has 7 aromatic rings. The largest absolute Gasteiger partial charge is 0.489 e. The predicted molar refractivity (Wildman–Crippen MR) is 168 cm³/mol. The van der Waals surface area contributed by atoms with Crippen LogP contribution >= 0.6 is 0 Å². The molecule has 2 nitrogen and oxygen atoms in total. The predicted octanol–water partition coefficient (Wildman–Crippen LogP) is 7.73. The van der Waals surface area contributed by atoms with Gasteiger partial charge >= 0.3 is 7.12 Å². The van der Waals surface area contributed by atoms with Crippen molar-refractivity contribution in [2.24, 2.45) is 0 Å². The van der Waals surface area contributed by atoms with Gasteiger partial charge < -0.3 is 10.0 Å².